The first kappa shape index (κ1) is 12.6. The summed E-state index contributed by atoms with van der Waals surface area (Å²) in [5, 5.41) is 14.8. The van der Waals surface area contributed by atoms with Crippen LogP contribution in [-0.4, -0.2) is 19.9 Å². The van der Waals surface area contributed by atoms with Crippen molar-refractivity contribution in [2.24, 2.45) is 7.05 Å². The van der Waals surface area contributed by atoms with E-state index in [9.17, 15) is 5.11 Å². The third-order valence-corrected chi connectivity index (χ3v) is 2.95. The number of nitrogen functional groups attached to an aromatic ring is 1. The minimum absolute atomic E-state index is 0.360. The van der Waals surface area contributed by atoms with Crippen LogP contribution in [0.1, 0.15) is 35.4 Å². The smallest absolute Gasteiger partial charge is 0.129 e. The highest BCUT2D eigenvalue weighted by atomic mass is 16.3. The molecule has 0 bridgehead atoms. The summed E-state index contributed by atoms with van der Waals surface area (Å²) in [6.07, 6.45) is 3.51. The third kappa shape index (κ3) is 2.22. The number of pyridine rings is 1. The van der Waals surface area contributed by atoms with Crippen LogP contribution in [0.25, 0.3) is 0 Å². The number of rotatable bonds is 3. The van der Waals surface area contributed by atoms with Gasteiger partial charge in [0.2, 0.25) is 0 Å². The van der Waals surface area contributed by atoms with Crippen molar-refractivity contribution in [3.63, 3.8) is 0 Å². The first-order valence-electron chi connectivity index (χ1n) is 5.95. The standard InChI is InChI=1S/C13H18N4O/c1-4-11-10(7-17(3)16-11)12(18)9-5-8(2)6-15-13(9)14/h5-7,12,18H,4H2,1-3H3,(H2,14,15). The Morgan fingerprint density at radius 3 is 2.83 bits per heavy atom. The Morgan fingerprint density at radius 2 is 2.17 bits per heavy atom. The average molecular weight is 246 g/mol. The van der Waals surface area contributed by atoms with Crippen molar-refractivity contribution in [2.45, 2.75) is 26.4 Å². The Kier molecular flexibility index (Phi) is 3.34. The largest absolute Gasteiger partial charge is 0.383 e. The van der Waals surface area contributed by atoms with Crippen molar-refractivity contribution < 1.29 is 5.11 Å². The van der Waals surface area contributed by atoms with E-state index >= 15 is 0 Å². The zero-order chi connectivity index (χ0) is 13.3. The summed E-state index contributed by atoms with van der Waals surface area (Å²) in [5.74, 6) is 0.360. The summed E-state index contributed by atoms with van der Waals surface area (Å²) in [5.41, 5.74) is 9.11. The molecule has 0 aliphatic rings. The van der Waals surface area contributed by atoms with E-state index in [1.165, 1.54) is 0 Å². The molecule has 0 saturated carbocycles. The van der Waals surface area contributed by atoms with Crippen molar-refractivity contribution >= 4 is 5.82 Å². The fourth-order valence-corrected chi connectivity index (χ4v) is 2.04. The first-order valence-corrected chi connectivity index (χ1v) is 5.95. The Labute approximate surface area is 106 Å². The van der Waals surface area contributed by atoms with E-state index in [1.807, 2.05) is 33.2 Å². The molecule has 96 valence electrons. The molecule has 0 aromatic carbocycles. The molecule has 0 spiro atoms. The zero-order valence-electron chi connectivity index (χ0n) is 10.9. The monoisotopic (exact) mass is 246 g/mol. The molecule has 0 radical (unpaired) electrons. The number of nitrogens with zero attached hydrogens (tertiary/aromatic N) is 3. The van der Waals surface area contributed by atoms with Crippen LogP contribution in [0, 0.1) is 6.92 Å². The molecule has 0 fully saturated rings. The van der Waals surface area contributed by atoms with E-state index in [0.717, 1.165) is 23.2 Å². The molecule has 18 heavy (non-hydrogen) atoms. The van der Waals surface area contributed by atoms with Crippen LogP contribution in [0.15, 0.2) is 18.5 Å². The fourth-order valence-electron chi connectivity index (χ4n) is 2.04. The highest BCUT2D eigenvalue weighted by Gasteiger charge is 2.19. The predicted octanol–water partition coefficient (Wildman–Crippen LogP) is 1.35. The van der Waals surface area contributed by atoms with E-state index < -0.39 is 6.10 Å². The highest BCUT2D eigenvalue weighted by Crippen LogP contribution is 2.28. The maximum absolute atomic E-state index is 10.4. The van der Waals surface area contributed by atoms with Gasteiger partial charge in [-0.1, -0.05) is 6.92 Å². The molecule has 0 aliphatic carbocycles. The number of hydrogen-bond acceptors (Lipinski definition) is 4. The fraction of sp³-hybridized carbons (Fsp3) is 0.385. The van der Waals surface area contributed by atoms with Gasteiger partial charge in [-0.3, -0.25) is 4.68 Å². The molecule has 2 aromatic rings. The molecule has 3 N–H and O–H groups in total. The lowest BCUT2D eigenvalue weighted by atomic mass is 10.0. The van der Waals surface area contributed by atoms with E-state index in [0.29, 0.717) is 11.4 Å². The molecule has 1 atom stereocenters. The van der Waals surface area contributed by atoms with Gasteiger partial charge < -0.3 is 10.8 Å². The van der Waals surface area contributed by atoms with E-state index in [-0.39, 0.29) is 0 Å². The van der Waals surface area contributed by atoms with Gasteiger partial charge in [0.1, 0.15) is 11.9 Å². The topological polar surface area (TPSA) is 77.0 Å². The second-order valence-electron chi connectivity index (χ2n) is 4.45. The Bertz CT molecular complexity index is 562. The van der Waals surface area contributed by atoms with Crippen LogP contribution in [-0.2, 0) is 13.5 Å². The molecule has 2 heterocycles. The number of aliphatic hydroxyl groups is 1. The molecule has 5 nitrogen and oxygen atoms in total. The van der Waals surface area contributed by atoms with Gasteiger partial charge in [0.15, 0.2) is 0 Å². The van der Waals surface area contributed by atoms with Gasteiger partial charge in [0.25, 0.3) is 0 Å². The molecule has 0 amide bonds. The van der Waals surface area contributed by atoms with Gasteiger partial charge in [-0.25, -0.2) is 4.98 Å². The van der Waals surface area contributed by atoms with E-state index in [2.05, 4.69) is 10.1 Å². The van der Waals surface area contributed by atoms with Crippen LogP contribution in [0.2, 0.25) is 0 Å². The third-order valence-electron chi connectivity index (χ3n) is 2.95. The molecular formula is C13H18N4O. The van der Waals surface area contributed by atoms with Gasteiger partial charge in [0, 0.05) is 30.6 Å². The zero-order valence-corrected chi connectivity index (χ0v) is 10.9. The van der Waals surface area contributed by atoms with E-state index in [1.54, 1.807) is 10.9 Å². The molecule has 1 unspecified atom stereocenters. The predicted molar refractivity (Wildman–Crippen MR) is 70.0 cm³/mol. The van der Waals surface area contributed by atoms with Gasteiger partial charge >= 0.3 is 0 Å². The number of aliphatic hydroxyl groups excluding tert-OH is 1. The highest BCUT2D eigenvalue weighted by molar-refractivity contribution is 5.46. The van der Waals surface area contributed by atoms with Crippen LogP contribution in [0.3, 0.4) is 0 Å². The minimum atomic E-state index is -0.777. The van der Waals surface area contributed by atoms with Gasteiger partial charge in [-0.15, -0.1) is 0 Å². The van der Waals surface area contributed by atoms with Gasteiger partial charge in [-0.2, -0.15) is 5.10 Å². The first-order chi connectivity index (χ1) is 8.52. The summed E-state index contributed by atoms with van der Waals surface area (Å²) in [6.45, 7) is 3.93. The van der Waals surface area contributed by atoms with Crippen molar-refractivity contribution in [3.8, 4) is 0 Å². The van der Waals surface area contributed by atoms with Crippen molar-refractivity contribution in [2.75, 3.05) is 5.73 Å². The quantitative estimate of drug-likeness (QED) is 0.857. The Balaban J connectivity index is 2.46. The molecule has 0 aliphatic heterocycles. The van der Waals surface area contributed by atoms with Crippen LogP contribution in [0.4, 0.5) is 5.82 Å². The summed E-state index contributed by atoms with van der Waals surface area (Å²) >= 11 is 0. The lowest BCUT2D eigenvalue weighted by molar-refractivity contribution is 0.219. The summed E-state index contributed by atoms with van der Waals surface area (Å²) in [4.78, 5) is 4.08. The maximum atomic E-state index is 10.4. The summed E-state index contributed by atoms with van der Waals surface area (Å²) < 4.78 is 1.71. The molecule has 5 heteroatoms. The van der Waals surface area contributed by atoms with Gasteiger partial charge in [-0.05, 0) is 25.0 Å². The molecule has 2 rings (SSSR count). The minimum Gasteiger partial charge on any atom is -0.383 e. The maximum Gasteiger partial charge on any atom is 0.129 e. The number of nitrogens with two attached hydrogens (primary N) is 1. The summed E-state index contributed by atoms with van der Waals surface area (Å²) in [7, 11) is 1.84. The molecule has 2 aromatic heterocycles. The number of anilines is 1. The van der Waals surface area contributed by atoms with Crippen LogP contribution >= 0.6 is 0 Å². The lowest BCUT2D eigenvalue weighted by Crippen LogP contribution is -2.07. The second-order valence-corrected chi connectivity index (χ2v) is 4.45. The van der Waals surface area contributed by atoms with Crippen molar-refractivity contribution in [3.05, 3.63) is 40.8 Å². The van der Waals surface area contributed by atoms with E-state index in [4.69, 9.17) is 5.73 Å². The molecule has 0 saturated heterocycles. The van der Waals surface area contributed by atoms with Crippen LogP contribution in [0.5, 0.6) is 0 Å². The number of aromatic nitrogens is 3. The SMILES string of the molecule is CCc1nn(C)cc1C(O)c1cc(C)cnc1N. The number of hydrogen-bond donors (Lipinski definition) is 2. The Morgan fingerprint density at radius 1 is 1.44 bits per heavy atom. The number of aryl methyl sites for hydroxylation is 3. The summed E-state index contributed by atoms with van der Waals surface area (Å²) in [6, 6.07) is 1.86. The van der Waals surface area contributed by atoms with Gasteiger partial charge in [0.05, 0.1) is 5.69 Å². The van der Waals surface area contributed by atoms with Crippen molar-refractivity contribution in [1.82, 2.24) is 14.8 Å². The second kappa shape index (κ2) is 4.78. The van der Waals surface area contributed by atoms with Crippen LogP contribution < -0.4 is 5.73 Å². The normalized spacial score (nSPS) is 12.7. The Hall–Kier alpha value is -1.88. The molecular weight excluding hydrogens is 228 g/mol. The average Bonchev–Trinajstić information content (AvgIpc) is 2.72. The van der Waals surface area contributed by atoms with Crippen molar-refractivity contribution in [1.29, 1.82) is 0 Å². The lowest BCUT2D eigenvalue weighted by Gasteiger charge is -2.13.